The first-order valence-electron chi connectivity index (χ1n) is 5.24. The molecule has 1 aliphatic rings. The summed E-state index contributed by atoms with van der Waals surface area (Å²) in [6.07, 6.45) is 5.19. The van der Waals surface area contributed by atoms with Crippen LogP contribution in [0.5, 0.6) is 0 Å². The highest BCUT2D eigenvalue weighted by atomic mass is 16.3. The summed E-state index contributed by atoms with van der Waals surface area (Å²) in [4.78, 5) is 0. The monoisotopic (exact) mass is 170 g/mol. The maximum atomic E-state index is 9.48. The van der Waals surface area contributed by atoms with Crippen molar-refractivity contribution in [1.82, 2.24) is 0 Å². The van der Waals surface area contributed by atoms with Crippen LogP contribution in [0.2, 0.25) is 0 Å². The Morgan fingerprint density at radius 3 is 2.42 bits per heavy atom. The summed E-state index contributed by atoms with van der Waals surface area (Å²) in [5.41, 5.74) is 0.234. The lowest BCUT2D eigenvalue weighted by atomic mass is 9.61. The molecule has 1 saturated carbocycles. The van der Waals surface area contributed by atoms with Gasteiger partial charge in [-0.2, -0.15) is 0 Å². The van der Waals surface area contributed by atoms with Crippen molar-refractivity contribution in [2.45, 2.75) is 46.5 Å². The maximum absolute atomic E-state index is 9.48. The van der Waals surface area contributed by atoms with Gasteiger partial charge in [0.25, 0.3) is 0 Å². The minimum atomic E-state index is 0.234. The lowest BCUT2D eigenvalue weighted by Crippen LogP contribution is -2.40. The molecule has 1 nitrogen and oxygen atoms in total. The summed E-state index contributed by atoms with van der Waals surface area (Å²) < 4.78 is 0. The minimum absolute atomic E-state index is 0.234. The number of hydrogen-bond acceptors (Lipinski definition) is 1. The van der Waals surface area contributed by atoms with E-state index in [1.807, 2.05) is 0 Å². The van der Waals surface area contributed by atoms with E-state index >= 15 is 0 Å². The third kappa shape index (κ3) is 1.52. The molecule has 0 saturated heterocycles. The van der Waals surface area contributed by atoms with E-state index in [0.29, 0.717) is 18.4 Å². The van der Waals surface area contributed by atoms with Crippen LogP contribution in [0.15, 0.2) is 0 Å². The highest BCUT2D eigenvalue weighted by molar-refractivity contribution is 4.89. The van der Waals surface area contributed by atoms with E-state index in [0.717, 1.165) is 0 Å². The van der Waals surface area contributed by atoms with Gasteiger partial charge in [-0.3, -0.25) is 0 Å². The molecular weight excluding hydrogens is 148 g/mol. The zero-order chi connectivity index (χ0) is 9.19. The van der Waals surface area contributed by atoms with Crippen LogP contribution in [0, 0.1) is 17.3 Å². The lowest BCUT2D eigenvalue weighted by Gasteiger charge is -2.44. The summed E-state index contributed by atoms with van der Waals surface area (Å²) in [5.74, 6) is 1.33. The van der Waals surface area contributed by atoms with E-state index < -0.39 is 0 Å². The van der Waals surface area contributed by atoms with Crippen LogP contribution >= 0.6 is 0 Å². The fraction of sp³-hybridized carbons (Fsp3) is 1.00. The Bertz CT molecular complexity index is 142. The van der Waals surface area contributed by atoms with Crippen LogP contribution in [0.3, 0.4) is 0 Å². The van der Waals surface area contributed by atoms with E-state index in [2.05, 4.69) is 20.8 Å². The smallest absolute Gasteiger partial charge is 0.0492 e. The molecule has 72 valence electrons. The molecular formula is C11H22O. The number of aliphatic hydroxyl groups is 1. The Balaban J connectivity index is 2.73. The van der Waals surface area contributed by atoms with Crippen LogP contribution in [0.4, 0.5) is 0 Å². The second-order valence-electron chi connectivity index (χ2n) is 4.69. The fourth-order valence-corrected chi connectivity index (χ4v) is 2.71. The first-order chi connectivity index (χ1) is 5.63. The van der Waals surface area contributed by atoms with E-state index in [4.69, 9.17) is 0 Å². The molecule has 0 aromatic rings. The van der Waals surface area contributed by atoms with E-state index in [1.54, 1.807) is 0 Å². The van der Waals surface area contributed by atoms with Gasteiger partial charge in [-0.05, 0) is 23.7 Å². The molecule has 1 rings (SSSR count). The summed E-state index contributed by atoms with van der Waals surface area (Å²) in [6, 6.07) is 0. The van der Waals surface area contributed by atoms with Crippen LogP contribution in [-0.2, 0) is 0 Å². The maximum Gasteiger partial charge on any atom is 0.0492 e. The van der Waals surface area contributed by atoms with Gasteiger partial charge in [-0.15, -0.1) is 0 Å². The van der Waals surface area contributed by atoms with Crippen molar-refractivity contribution in [3.63, 3.8) is 0 Å². The molecule has 0 aromatic carbocycles. The third-order valence-electron chi connectivity index (χ3n) is 3.96. The van der Waals surface area contributed by atoms with Crippen LogP contribution in [0.25, 0.3) is 0 Å². The summed E-state index contributed by atoms with van der Waals surface area (Å²) in [7, 11) is 0. The van der Waals surface area contributed by atoms with Gasteiger partial charge < -0.3 is 5.11 Å². The van der Waals surface area contributed by atoms with Gasteiger partial charge >= 0.3 is 0 Å². The zero-order valence-corrected chi connectivity index (χ0v) is 8.64. The first-order valence-corrected chi connectivity index (χ1v) is 5.24. The van der Waals surface area contributed by atoms with Gasteiger partial charge in [0, 0.05) is 6.61 Å². The quantitative estimate of drug-likeness (QED) is 0.675. The Kier molecular flexibility index (Phi) is 3.16. The second-order valence-corrected chi connectivity index (χ2v) is 4.69. The zero-order valence-electron chi connectivity index (χ0n) is 8.64. The fourth-order valence-electron chi connectivity index (χ4n) is 2.71. The third-order valence-corrected chi connectivity index (χ3v) is 3.96. The molecule has 0 amide bonds. The van der Waals surface area contributed by atoms with E-state index in [1.165, 1.54) is 25.7 Å². The molecule has 0 spiro atoms. The molecule has 0 aliphatic heterocycles. The first kappa shape index (κ1) is 10.0. The van der Waals surface area contributed by atoms with Gasteiger partial charge in [0.1, 0.15) is 0 Å². The van der Waals surface area contributed by atoms with Crippen LogP contribution < -0.4 is 0 Å². The molecule has 1 fully saturated rings. The van der Waals surface area contributed by atoms with Gasteiger partial charge in [0.15, 0.2) is 0 Å². The summed E-state index contributed by atoms with van der Waals surface area (Å²) in [5, 5.41) is 9.48. The molecule has 12 heavy (non-hydrogen) atoms. The predicted octanol–water partition coefficient (Wildman–Crippen LogP) is 2.83. The molecule has 0 bridgehead atoms. The van der Waals surface area contributed by atoms with Crippen molar-refractivity contribution in [2.24, 2.45) is 17.3 Å². The Morgan fingerprint density at radius 2 is 2.08 bits per heavy atom. The number of hydrogen-bond donors (Lipinski definition) is 1. The molecule has 0 aromatic heterocycles. The lowest BCUT2D eigenvalue weighted by molar-refractivity contribution is -0.00953. The molecule has 0 radical (unpaired) electrons. The topological polar surface area (TPSA) is 20.2 Å². The highest BCUT2D eigenvalue weighted by Crippen LogP contribution is 2.45. The minimum Gasteiger partial charge on any atom is -0.396 e. The normalized spacial score (nSPS) is 37.2. The SMILES string of the molecule is CC(C)C1(CO)CCCCC1C. The standard InChI is InChI=1S/C11H22O/c1-9(2)11(8-12)7-5-4-6-10(11)3/h9-10,12H,4-8H2,1-3H3. The van der Waals surface area contributed by atoms with Gasteiger partial charge in [-0.25, -0.2) is 0 Å². The number of aliphatic hydroxyl groups excluding tert-OH is 1. The van der Waals surface area contributed by atoms with Crippen molar-refractivity contribution in [1.29, 1.82) is 0 Å². The summed E-state index contributed by atoms with van der Waals surface area (Å²) in [6.45, 7) is 7.18. The largest absolute Gasteiger partial charge is 0.396 e. The molecule has 1 N–H and O–H groups in total. The van der Waals surface area contributed by atoms with Crippen LogP contribution in [0.1, 0.15) is 46.5 Å². The highest BCUT2D eigenvalue weighted by Gasteiger charge is 2.39. The molecule has 2 unspecified atom stereocenters. The molecule has 0 heterocycles. The molecule has 2 atom stereocenters. The predicted molar refractivity (Wildman–Crippen MR) is 52.0 cm³/mol. The second kappa shape index (κ2) is 3.78. The van der Waals surface area contributed by atoms with Gasteiger partial charge in [0.2, 0.25) is 0 Å². The van der Waals surface area contributed by atoms with Gasteiger partial charge in [-0.1, -0.05) is 40.0 Å². The molecule has 1 aliphatic carbocycles. The van der Waals surface area contributed by atoms with E-state index in [-0.39, 0.29) is 5.41 Å². The van der Waals surface area contributed by atoms with Crippen molar-refractivity contribution in [3.05, 3.63) is 0 Å². The Hall–Kier alpha value is -0.0400. The van der Waals surface area contributed by atoms with Crippen molar-refractivity contribution in [3.8, 4) is 0 Å². The van der Waals surface area contributed by atoms with Crippen molar-refractivity contribution >= 4 is 0 Å². The van der Waals surface area contributed by atoms with Crippen molar-refractivity contribution in [2.75, 3.05) is 6.61 Å². The van der Waals surface area contributed by atoms with Gasteiger partial charge in [0.05, 0.1) is 0 Å². The Labute approximate surface area is 76.2 Å². The summed E-state index contributed by atoms with van der Waals surface area (Å²) >= 11 is 0. The number of rotatable bonds is 2. The molecule has 1 heteroatoms. The van der Waals surface area contributed by atoms with E-state index in [9.17, 15) is 5.11 Å². The average Bonchev–Trinajstić information content (AvgIpc) is 2.05. The van der Waals surface area contributed by atoms with Crippen molar-refractivity contribution < 1.29 is 5.11 Å². The van der Waals surface area contributed by atoms with Crippen LogP contribution in [-0.4, -0.2) is 11.7 Å². The Morgan fingerprint density at radius 1 is 1.42 bits per heavy atom. The average molecular weight is 170 g/mol.